The van der Waals surface area contributed by atoms with E-state index < -0.39 is 18.1 Å². The number of benzene rings is 2. The number of ketones is 1. The van der Waals surface area contributed by atoms with Crippen LogP contribution >= 0.6 is 0 Å². The first kappa shape index (κ1) is 34.7. The number of hydrogen-bond acceptors (Lipinski definition) is 5. The second kappa shape index (κ2) is 15.8. The maximum absolute atomic E-state index is 14.1. The van der Waals surface area contributed by atoms with Gasteiger partial charge in [0, 0.05) is 36.2 Å². The molecule has 1 aliphatic heterocycles. The van der Waals surface area contributed by atoms with Gasteiger partial charge < -0.3 is 15.3 Å². The van der Waals surface area contributed by atoms with Gasteiger partial charge in [-0.25, -0.2) is 4.79 Å². The first-order chi connectivity index (χ1) is 20.8. The molecule has 2 N–H and O–H groups in total. The van der Waals surface area contributed by atoms with Crippen molar-refractivity contribution >= 4 is 23.6 Å². The fourth-order valence-electron chi connectivity index (χ4n) is 5.83. The van der Waals surface area contributed by atoms with Gasteiger partial charge in [0.1, 0.15) is 6.04 Å². The third-order valence-corrected chi connectivity index (χ3v) is 8.88. The number of amides is 2. The highest BCUT2D eigenvalue weighted by atomic mass is 16.4. The van der Waals surface area contributed by atoms with Crippen molar-refractivity contribution in [3.63, 3.8) is 0 Å². The van der Waals surface area contributed by atoms with Crippen LogP contribution in [-0.2, 0) is 20.8 Å². The molecule has 1 aliphatic rings. The normalized spacial score (nSPS) is 18.0. The maximum atomic E-state index is 14.1. The van der Waals surface area contributed by atoms with Crippen LogP contribution in [0.2, 0.25) is 0 Å². The molecule has 8 heteroatoms. The molecule has 4 atom stereocenters. The third kappa shape index (κ3) is 8.88. The fourth-order valence-corrected chi connectivity index (χ4v) is 5.83. The smallest absolute Gasteiger partial charge is 0.331 e. The van der Waals surface area contributed by atoms with E-state index in [1.165, 1.54) is 6.92 Å². The summed E-state index contributed by atoms with van der Waals surface area (Å²) in [6.07, 6.45) is 4.54. The number of rotatable bonds is 13. The van der Waals surface area contributed by atoms with Crippen LogP contribution < -0.4 is 5.32 Å². The highest BCUT2D eigenvalue weighted by molar-refractivity contribution is 6.09. The minimum atomic E-state index is -1.04. The number of carbonyl (C=O) groups is 4. The number of likely N-dealkylation sites (tertiary alicyclic amines) is 1. The molecule has 1 heterocycles. The van der Waals surface area contributed by atoms with E-state index in [0.717, 1.165) is 31.4 Å². The van der Waals surface area contributed by atoms with Gasteiger partial charge in [0.25, 0.3) is 0 Å². The van der Waals surface area contributed by atoms with E-state index in [9.17, 15) is 24.3 Å². The number of nitrogens with one attached hydrogen (secondary N) is 1. The Morgan fingerprint density at radius 2 is 1.55 bits per heavy atom. The van der Waals surface area contributed by atoms with E-state index >= 15 is 0 Å². The van der Waals surface area contributed by atoms with Crippen molar-refractivity contribution in [3.8, 4) is 0 Å². The van der Waals surface area contributed by atoms with E-state index in [0.29, 0.717) is 17.0 Å². The molecule has 8 nitrogen and oxygen atoms in total. The highest BCUT2D eigenvalue weighted by Gasteiger charge is 2.36. The lowest BCUT2D eigenvalue weighted by Gasteiger charge is -2.41. The molecule has 2 aromatic carbocycles. The summed E-state index contributed by atoms with van der Waals surface area (Å²) in [7, 11) is 1.66. The average Bonchev–Trinajstić information content (AvgIpc) is 3.02. The summed E-state index contributed by atoms with van der Waals surface area (Å²) in [5.41, 5.74) is 2.09. The standard InChI is InChI=1S/C36H49N3O5/c1-23(2)26(6)39-20-12-11-15-31(39)34(41)37-30(35(42)38(7)32(24(3)4)21-25(5)36(43)44)22-27-16-18-29(19-17-27)33(40)28-13-9-8-10-14-28/h8-10,13-14,16-19,21,23-24,26,30-32H,11-12,15,20,22H2,1-7H3,(H,37,41)(H,43,44)/t26?,30-,31+,32+/m0/s1. The van der Waals surface area contributed by atoms with E-state index in [2.05, 4.69) is 31.0 Å². The van der Waals surface area contributed by atoms with Gasteiger partial charge in [-0.15, -0.1) is 0 Å². The lowest BCUT2D eigenvalue weighted by atomic mass is 9.94. The van der Waals surface area contributed by atoms with Crippen LogP contribution in [0.1, 0.15) is 82.3 Å². The van der Waals surface area contributed by atoms with E-state index in [-0.39, 0.29) is 47.6 Å². The van der Waals surface area contributed by atoms with Crippen molar-refractivity contribution in [3.05, 3.63) is 82.9 Å². The molecule has 0 saturated carbocycles. The predicted octanol–water partition coefficient (Wildman–Crippen LogP) is 5.36. The molecule has 0 bridgehead atoms. The first-order valence-electron chi connectivity index (χ1n) is 15.7. The number of carboxylic acids is 1. The van der Waals surface area contributed by atoms with Crippen LogP contribution in [-0.4, -0.2) is 76.2 Å². The number of aliphatic carboxylic acids is 1. The molecular formula is C36H49N3O5. The molecule has 0 aromatic heterocycles. The number of piperidine rings is 1. The molecule has 2 amide bonds. The minimum Gasteiger partial charge on any atom is -0.478 e. The number of nitrogens with zero attached hydrogens (tertiary/aromatic N) is 2. The zero-order valence-corrected chi connectivity index (χ0v) is 27.2. The average molecular weight is 604 g/mol. The Balaban J connectivity index is 1.91. The molecule has 3 rings (SSSR count). The van der Waals surface area contributed by atoms with Crippen molar-refractivity contribution in [1.29, 1.82) is 0 Å². The molecule has 1 fully saturated rings. The molecule has 0 aliphatic carbocycles. The lowest BCUT2D eigenvalue weighted by molar-refractivity contribution is -0.139. The van der Waals surface area contributed by atoms with Crippen molar-refractivity contribution in [1.82, 2.24) is 15.1 Å². The van der Waals surface area contributed by atoms with Crippen molar-refractivity contribution in [2.45, 2.75) is 91.4 Å². The molecule has 0 radical (unpaired) electrons. The van der Waals surface area contributed by atoms with Crippen molar-refractivity contribution in [2.75, 3.05) is 13.6 Å². The Hall–Kier alpha value is -3.78. The molecule has 0 spiro atoms. The van der Waals surface area contributed by atoms with Crippen LogP contribution in [0.25, 0.3) is 0 Å². The molecule has 1 saturated heterocycles. The topological polar surface area (TPSA) is 107 Å². The zero-order chi connectivity index (χ0) is 32.6. The van der Waals surface area contributed by atoms with Gasteiger partial charge in [-0.1, -0.05) is 94.8 Å². The minimum absolute atomic E-state index is 0.0568. The quantitative estimate of drug-likeness (QED) is 0.236. The lowest BCUT2D eigenvalue weighted by Crippen LogP contribution is -2.58. The Morgan fingerprint density at radius 3 is 2.11 bits per heavy atom. The van der Waals surface area contributed by atoms with Crippen LogP contribution in [0.5, 0.6) is 0 Å². The van der Waals surface area contributed by atoms with Gasteiger partial charge in [-0.2, -0.15) is 0 Å². The summed E-state index contributed by atoms with van der Waals surface area (Å²) in [5, 5.41) is 12.6. The molecule has 238 valence electrons. The summed E-state index contributed by atoms with van der Waals surface area (Å²) in [6.45, 7) is 12.7. The third-order valence-electron chi connectivity index (χ3n) is 8.88. The number of hydrogen-bond donors (Lipinski definition) is 2. The Morgan fingerprint density at radius 1 is 0.932 bits per heavy atom. The number of carboxylic acid groups (broad SMARTS) is 1. The van der Waals surface area contributed by atoms with Gasteiger partial charge in [-0.05, 0) is 50.6 Å². The maximum Gasteiger partial charge on any atom is 0.331 e. The summed E-state index contributed by atoms with van der Waals surface area (Å²) in [6, 6.07) is 14.7. The van der Waals surface area contributed by atoms with Gasteiger partial charge in [0.05, 0.1) is 12.1 Å². The van der Waals surface area contributed by atoms with Crippen LogP contribution in [0.15, 0.2) is 66.2 Å². The van der Waals surface area contributed by atoms with Gasteiger partial charge >= 0.3 is 5.97 Å². The van der Waals surface area contributed by atoms with E-state index in [1.54, 1.807) is 42.3 Å². The van der Waals surface area contributed by atoms with Gasteiger partial charge in [0.2, 0.25) is 11.8 Å². The van der Waals surface area contributed by atoms with Gasteiger partial charge in [-0.3, -0.25) is 19.3 Å². The molecule has 2 aromatic rings. The molecular weight excluding hydrogens is 554 g/mol. The Kier molecular flexibility index (Phi) is 12.5. The number of likely N-dealkylation sites (N-methyl/N-ethyl adjacent to an activating group) is 1. The largest absolute Gasteiger partial charge is 0.478 e. The van der Waals surface area contributed by atoms with Gasteiger partial charge in [0.15, 0.2) is 5.78 Å². The second-order valence-electron chi connectivity index (χ2n) is 12.7. The van der Waals surface area contributed by atoms with Crippen LogP contribution in [0, 0.1) is 11.8 Å². The SMILES string of the molecule is CC(=C[C@H](C(C)C)N(C)C(=O)[C@H](Cc1ccc(C(=O)c2ccccc2)cc1)NC(=O)[C@H]1CCCCN1C(C)C(C)C)C(=O)O. The molecule has 44 heavy (non-hydrogen) atoms. The summed E-state index contributed by atoms with van der Waals surface area (Å²) < 4.78 is 0. The predicted molar refractivity (Wildman–Crippen MR) is 173 cm³/mol. The summed E-state index contributed by atoms with van der Waals surface area (Å²) in [5.74, 6) is -1.27. The van der Waals surface area contributed by atoms with Crippen molar-refractivity contribution in [2.24, 2.45) is 11.8 Å². The second-order valence-corrected chi connectivity index (χ2v) is 12.7. The fraction of sp³-hybridized carbons (Fsp3) is 0.500. The Labute approximate surface area is 262 Å². The Bertz CT molecular complexity index is 1320. The first-order valence-corrected chi connectivity index (χ1v) is 15.7. The van der Waals surface area contributed by atoms with E-state index in [1.807, 2.05) is 44.2 Å². The highest BCUT2D eigenvalue weighted by Crippen LogP contribution is 2.24. The summed E-state index contributed by atoms with van der Waals surface area (Å²) in [4.78, 5) is 56.3. The van der Waals surface area contributed by atoms with Crippen LogP contribution in [0.4, 0.5) is 0 Å². The van der Waals surface area contributed by atoms with Crippen LogP contribution in [0.3, 0.4) is 0 Å². The monoisotopic (exact) mass is 603 g/mol. The van der Waals surface area contributed by atoms with E-state index in [4.69, 9.17) is 0 Å². The summed E-state index contributed by atoms with van der Waals surface area (Å²) >= 11 is 0. The van der Waals surface area contributed by atoms with Crippen molar-refractivity contribution < 1.29 is 24.3 Å². The zero-order valence-electron chi connectivity index (χ0n) is 27.2. The number of carbonyl (C=O) groups excluding carboxylic acids is 3. The molecule has 1 unspecified atom stereocenters.